The summed E-state index contributed by atoms with van der Waals surface area (Å²) in [4.78, 5) is 133. The third-order valence-corrected chi connectivity index (χ3v) is 16.1. The van der Waals surface area contributed by atoms with Gasteiger partial charge >= 0.3 is 11.9 Å². The summed E-state index contributed by atoms with van der Waals surface area (Å²) in [6.07, 6.45) is 4.94. The Morgan fingerprint density at radius 2 is 1.47 bits per heavy atom. The number of carbonyl (C=O) groups excluding carboxylic acids is 9. The number of nitrogens with zero attached hydrogens (tertiary/aromatic N) is 4. The molecule has 0 unspecified atom stereocenters. The number of likely N-dealkylation sites (N-methyl/N-ethyl adjacent to an activating group) is 3. The zero-order valence-corrected chi connectivity index (χ0v) is 54.2. The average Bonchev–Trinajstić information content (AvgIpc) is 1.04. The van der Waals surface area contributed by atoms with Crippen LogP contribution in [0.3, 0.4) is 0 Å². The number of carbonyl (C=O) groups is 9. The van der Waals surface area contributed by atoms with Crippen molar-refractivity contribution in [2.45, 2.75) is 142 Å². The lowest BCUT2D eigenvalue weighted by Crippen LogP contribution is -2.59. The molecule has 22 heteroatoms. The fourth-order valence-electron chi connectivity index (χ4n) is 10.6. The highest BCUT2D eigenvalue weighted by atomic mass is 16.6. The molecule has 6 rings (SSSR count). The second-order valence-electron chi connectivity index (χ2n) is 24.4. The molecule has 0 saturated carbocycles. The van der Waals surface area contributed by atoms with E-state index in [0.717, 1.165) is 16.8 Å². The van der Waals surface area contributed by atoms with Crippen molar-refractivity contribution in [1.82, 2.24) is 30.2 Å². The highest BCUT2D eigenvalue weighted by molar-refractivity contribution is 6.38. The number of ketones is 1. The molecule has 0 aromatic heterocycles. The Bertz CT molecular complexity index is 3230. The molecular formula is C68H90N6O16. The van der Waals surface area contributed by atoms with Gasteiger partial charge in [0.1, 0.15) is 42.6 Å². The molecule has 2 bridgehead atoms. The highest BCUT2D eigenvalue weighted by Crippen LogP contribution is 2.41. The van der Waals surface area contributed by atoms with E-state index in [2.05, 4.69) is 10.6 Å². The third-order valence-electron chi connectivity index (χ3n) is 16.1. The largest absolute Gasteiger partial charge is 0.493 e. The molecular weight excluding hydrogens is 1160 g/mol. The molecule has 0 aliphatic carbocycles. The Morgan fingerprint density at radius 3 is 2.17 bits per heavy atom. The summed E-state index contributed by atoms with van der Waals surface area (Å²) >= 11 is 0. The first-order chi connectivity index (χ1) is 42.8. The molecule has 5 atom stereocenters. The summed E-state index contributed by atoms with van der Waals surface area (Å²) in [5.74, 6) is -4.98. The fraction of sp³-hybridized carbons (Fsp3) is 0.515. The minimum atomic E-state index is -1.51. The van der Waals surface area contributed by atoms with Gasteiger partial charge in [0.05, 0.1) is 45.5 Å². The minimum absolute atomic E-state index is 0.00584. The van der Waals surface area contributed by atoms with Gasteiger partial charge in [-0.2, -0.15) is 0 Å². The normalized spacial score (nSPS) is 21.7. The van der Waals surface area contributed by atoms with Crippen molar-refractivity contribution in [2.24, 2.45) is 5.41 Å². The number of Topliss-reactive ketones (excluding diaryl/α,β-unsaturated/α-hetero) is 1. The van der Waals surface area contributed by atoms with E-state index in [9.17, 15) is 38.4 Å². The first kappa shape index (κ1) is 70.6. The number of rotatable bonds is 13. The Labute approximate surface area is 528 Å². The number of esters is 2. The summed E-state index contributed by atoms with van der Waals surface area (Å²) in [5, 5.41) is 7.49. The predicted molar refractivity (Wildman–Crippen MR) is 337 cm³/mol. The third kappa shape index (κ3) is 19.2. The van der Waals surface area contributed by atoms with Gasteiger partial charge in [0.25, 0.3) is 11.8 Å². The monoisotopic (exact) mass is 1250 g/mol. The number of aryl methyl sites for hydroxylation is 1. The number of piperidine rings is 1. The molecule has 2 aliphatic rings. The molecule has 2 aliphatic heterocycles. The van der Waals surface area contributed by atoms with Crippen LogP contribution in [0, 0.1) is 5.41 Å². The van der Waals surface area contributed by atoms with E-state index in [4.69, 9.17) is 33.2 Å². The maximum Gasteiger partial charge on any atom is 0.330 e. The zero-order valence-electron chi connectivity index (χ0n) is 54.2. The number of amides is 6. The van der Waals surface area contributed by atoms with Crippen LogP contribution in [0.25, 0.3) is 10.8 Å². The molecule has 488 valence electrons. The molecule has 1 saturated heterocycles. The van der Waals surface area contributed by atoms with E-state index in [0.29, 0.717) is 59.6 Å². The highest BCUT2D eigenvalue weighted by Gasteiger charge is 2.43. The van der Waals surface area contributed by atoms with Crippen molar-refractivity contribution < 1.29 is 76.3 Å². The summed E-state index contributed by atoms with van der Waals surface area (Å²) in [7, 11) is 8.93. The number of methoxy groups -OCH3 is 3. The molecule has 90 heavy (non-hydrogen) atoms. The van der Waals surface area contributed by atoms with E-state index in [1.54, 1.807) is 51.1 Å². The number of nitrogens with one attached hydrogen (secondary N) is 2. The van der Waals surface area contributed by atoms with E-state index in [1.807, 2.05) is 55.5 Å². The fourth-order valence-corrected chi connectivity index (χ4v) is 10.6. The number of hydrogen-bond donors (Lipinski definition) is 2. The Kier molecular flexibility index (Phi) is 25.7. The maximum atomic E-state index is 15.1. The lowest BCUT2D eigenvalue weighted by atomic mass is 9.87. The molecule has 0 spiro atoms. The molecule has 4 aromatic carbocycles. The van der Waals surface area contributed by atoms with Crippen molar-refractivity contribution in [3.8, 4) is 23.0 Å². The van der Waals surface area contributed by atoms with E-state index < -0.39 is 114 Å². The van der Waals surface area contributed by atoms with Crippen LogP contribution < -0.4 is 29.6 Å². The molecule has 6 amide bonds. The first-order valence-electron chi connectivity index (χ1n) is 30.7. The van der Waals surface area contributed by atoms with Gasteiger partial charge < -0.3 is 63.4 Å². The summed E-state index contributed by atoms with van der Waals surface area (Å²) in [6, 6.07) is 18.8. The van der Waals surface area contributed by atoms with Crippen molar-refractivity contribution >= 4 is 63.9 Å². The topological polar surface area (TPSA) is 255 Å². The van der Waals surface area contributed by atoms with Crippen LogP contribution in [-0.2, 0) is 70.2 Å². The van der Waals surface area contributed by atoms with Crippen LogP contribution in [-0.4, -0.2) is 184 Å². The molecule has 4 aromatic rings. The van der Waals surface area contributed by atoms with Crippen molar-refractivity contribution in [1.29, 1.82) is 0 Å². The van der Waals surface area contributed by atoms with Crippen LogP contribution in [0.15, 0.2) is 91.0 Å². The van der Waals surface area contributed by atoms with Gasteiger partial charge in [-0.1, -0.05) is 86.5 Å². The summed E-state index contributed by atoms with van der Waals surface area (Å²) < 4.78 is 41.1. The Morgan fingerprint density at radius 1 is 0.733 bits per heavy atom. The van der Waals surface area contributed by atoms with Crippen molar-refractivity contribution in [3.63, 3.8) is 0 Å². The maximum absolute atomic E-state index is 15.1. The van der Waals surface area contributed by atoms with Crippen molar-refractivity contribution in [3.05, 3.63) is 108 Å². The van der Waals surface area contributed by atoms with Crippen LogP contribution in [0.2, 0.25) is 0 Å². The van der Waals surface area contributed by atoms with Gasteiger partial charge in [-0.3, -0.25) is 33.6 Å². The Hall–Kier alpha value is -8.53. The van der Waals surface area contributed by atoms with Crippen LogP contribution in [0.5, 0.6) is 23.0 Å². The lowest BCUT2D eigenvalue weighted by Gasteiger charge is -2.36. The van der Waals surface area contributed by atoms with Crippen LogP contribution in [0.4, 0.5) is 0 Å². The van der Waals surface area contributed by atoms with Crippen LogP contribution >= 0.6 is 0 Å². The number of cyclic esters (lactones) is 2. The number of unbranched alkanes of at least 4 members (excludes halogenated alkanes) is 1. The van der Waals surface area contributed by atoms with Gasteiger partial charge in [-0.25, -0.2) is 9.59 Å². The molecule has 1 fully saturated rings. The van der Waals surface area contributed by atoms with Gasteiger partial charge in [0.2, 0.25) is 35.2 Å². The Balaban J connectivity index is 1.37. The van der Waals surface area contributed by atoms with Gasteiger partial charge in [0, 0.05) is 46.7 Å². The standard InChI is InChI=1S/C68H90N6O16/c1-13-14-26-51-63(80)70-50(38-44-29-30-45-22-15-16-23-47(45)37-44)64(81)73(9)53(41-89-67(2,3)4)62(79)69-40-56(75)71(7)35-19-18-28-58(77)88-43-68(5,6)61(78)65(82)74-36-20-17-27-52(74)66(83)90-54(48-24-21-25-49(39-48)87-42-57(76)72(51)8)33-31-46-32-34-55(84-10)60(86-12)59(46)85-11/h15-16,18,21-25,28-30,32,34,37,39,50-54H,13-14,17,19-20,26-27,31,33,35-36,38,40-43H2,1-12H3,(H,69,79)(H,70,80)/b28-18+/t50-,51-,52-,53-,54+/m0/s1. The van der Waals surface area contributed by atoms with Gasteiger partial charge in [0.15, 0.2) is 18.1 Å². The average molecular weight is 1250 g/mol. The van der Waals surface area contributed by atoms with E-state index in [-0.39, 0.29) is 64.0 Å². The van der Waals surface area contributed by atoms with Crippen LogP contribution in [0.1, 0.15) is 116 Å². The zero-order chi connectivity index (χ0) is 65.9. The van der Waals surface area contributed by atoms with Gasteiger partial charge in [-0.15, -0.1) is 0 Å². The summed E-state index contributed by atoms with van der Waals surface area (Å²) in [6.45, 7) is 8.73. The van der Waals surface area contributed by atoms with E-state index in [1.165, 1.54) is 82.0 Å². The second-order valence-corrected chi connectivity index (χ2v) is 24.4. The number of benzene rings is 4. The minimum Gasteiger partial charge on any atom is -0.493 e. The predicted octanol–water partition coefficient (Wildman–Crippen LogP) is 6.90. The molecule has 2 heterocycles. The smallest absolute Gasteiger partial charge is 0.330 e. The van der Waals surface area contributed by atoms with Crippen molar-refractivity contribution in [2.75, 3.05) is 81.9 Å². The number of ether oxygens (including phenoxy) is 7. The summed E-state index contributed by atoms with van der Waals surface area (Å²) in [5.41, 5.74) is -0.403. The molecule has 22 nitrogen and oxygen atoms in total. The first-order valence-corrected chi connectivity index (χ1v) is 30.7. The lowest BCUT2D eigenvalue weighted by molar-refractivity contribution is -0.165. The molecule has 2 N–H and O–H groups in total. The number of hydrogen-bond acceptors (Lipinski definition) is 16. The SMILES string of the molecule is CCCC[C@H]1C(=O)N[C@@H](Cc2ccc3ccccc3c2)C(=O)N(C)[C@@H](COC(C)(C)C)C(=O)NCC(=O)N(C)CC/C=C/C(=O)OCC(C)(C)C(=O)C(=O)N2CCCC[C@H]2C(=O)O[C@H](CCc2ccc(OC)c(OC)c2OC)c2cccc(c2)OCC(=O)N1C. The quantitative estimate of drug-likeness (QED) is 0.102. The number of fused-ring (bicyclic) bond motifs is 4. The van der Waals surface area contributed by atoms with E-state index >= 15 is 4.79 Å². The molecule has 0 radical (unpaired) electrons. The van der Waals surface area contributed by atoms with Gasteiger partial charge in [-0.05, 0) is 125 Å². The second kappa shape index (κ2) is 32.8.